The Hall–Kier alpha value is -0.680. The van der Waals surface area contributed by atoms with Crippen molar-refractivity contribution in [3.05, 3.63) is 16.4 Å². The summed E-state index contributed by atoms with van der Waals surface area (Å²) in [4.78, 5) is 12.0. The highest BCUT2D eigenvalue weighted by Crippen LogP contribution is 2.25. The number of aromatic nitrogens is 2. The van der Waals surface area contributed by atoms with Gasteiger partial charge in [-0.1, -0.05) is 13.8 Å². The van der Waals surface area contributed by atoms with Gasteiger partial charge < -0.3 is 5.73 Å². The van der Waals surface area contributed by atoms with Crippen molar-refractivity contribution in [1.82, 2.24) is 9.78 Å². The van der Waals surface area contributed by atoms with Crippen molar-refractivity contribution in [1.29, 1.82) is 0 Å². The highest BCUT2D eigenvalue weighted by molar-refractivity contribution is 9.10. The lowest BCUT2D eigenvalue weighted by Crippen LogP contribution is -2.34. The summed E-state index contributed by atoms with van der Waals surface area (Å²) < 4.78 is 2.27. The molecule has 5 heteroatoms. The summed E-state index contributed by atoms with van der Waals surface area (Å²) in [5.41, 5.74) is 5.57. The van der Waals surface area contributed by atoms with Crippen LogP contribution < -0.4 is 5.73 Å². The van der Waals surface area contributed by atoms with Gasteiger partial charge in [-0.15, -0.1) is 0 Å². The molecule has 1 heterocycles. The second-order valence-corrected chi connectivity index (χ2v) is 4.74. The minimum absolute atomic E-state index is 0.00637. The van der Waals surface area contributed by atoms with Crippen LogP contribution in [0.1, 0.15) is 24.3 Å². The van der Waals surface area contributed by atoms with Crippen LogP contribution in [0.25, 0.3) is 0 Å². The molecule has 1 rings (SSSR count). The zero-order chi connectivity index (χ0) is 10.9. The van der Waals surface area contributed by atoms with Crippen LogP contribution in [0.5, 0.6) is 0 Å². The van der Waals surface area contributed by atoms with Crippen molar-refractivity contribution in [2.45, 2.75) is 13.8 Å². The Kier molecular flexibility index (Phi) is 3.11. The number of halogens is 1. The normalized spacial score (nSPS) is 11.8. The maximum Gasteiger partial charge on any atom is 0.188 e. The number of carbonyl (C=O) groups excluding carboxylic acids is 1. The van der Waals surface area contributed by atoms with E-state index in [2.05, 4.69) is 21.0 Å². The smallest absolute Gasteiger partial charge is 0.188 e. The van der Waals surface area contributed by atoms with Crippen molar-refractivity contribution in [3.8, 4) is 0 Å². The average Bonchev–Trinajstić information content (AvgIpc) is 2.45. The Morgan fingerprint density at radius 2 is 2.29 bits per heavy atom. The highest BCUT2D eigenvalue weighted by Gasteiger charge is 2.30. The molecule has 0 aliphatic rings. The number of rotatable bonds is 3. The lowest BCUT2D eigenvalue weighted by atomic mass is 9.86. The van der Waals surface area contributed by atoms with Crippen LogP contribution in [0.15, 0.2) is 10.7 Å². The molecule has 0 bridgehead atoms. The largest absolute Gasteiger partial charge is 0.329 e. The first-order chi connectivity index (χ1) is 6.40. The van der Waals surface area contributed by atoms with E-state index in [0.717, 1.165) is 0 Å². The number of hydrogen-bond donors (Lipinski definition) is 1. The third-order valence-corrected chi connectivity index (χ3v) is 2.81. The summed E-state index contributed by atoms with van der Waals surface area (Å²) in [5.74, 6) is 0.00637. The molecule has 0 fully saturated rings. The second-order valence-electron chi connectivity index (χ2n) is 3.88. The molecular weight excluding hydrogens is 246 g/mol. The Balaban J connectivity index is 3.13. The van der Waals surface area contributed by atoms with Crippen LogP contribution in [0.3, 0.4) is 0 Å². The monoisotopic (exact) mass is 259 g/mol. The number of Topliss-reactive ketones (excluding diaryl/α,β-unsaturated/α-hetero) is 1. The lowest BCUT2D eigenvalue weighted by molar-refractivity contribution is 0.0836. The fraction of sp³-hybridized carbons (Fsp3) is 0.556. The number of nitrogens with zero attached hydrogens (tertiary/aromatic N) is 2. The zero-order valence-corrected chi connectivity index (χ0v) is 10.1. The summed E-state index contributed by atoms with van der Waals surface area (Å²) in [6.07, 6.45) is 1.61. The molecular formula is C9H14BrN3O. The highest BCUT2D eigenvalue weighted by atomic mass is 79.9. The van der Waals surface area contributed by atoms with Crippen molar-refractivity contribution in [3.63, 3.8) is 0 Å². The van der Waals surface area contributed by atoms with E-state index >= 15 is 0 Å². The van der Waals surface area contributed by atoms with Gasteiger partial charge in [0, 0.05) is 19.0 Å². The number of hydrogen-bond acceptors (Lipinski definition) is 3. The van der Waals surface area contributed by atoms with Crippen LogP contribution in [-0.4, -0.2) is 22.1 Å². The molecule has 2 N–H and O–H groups in total. The van der Waals surface area contributed by atoms with Gasteiger partial charge in [0.2, 0.25) is 0 Å². The molecule has 0 aromatic carbocycles. The fourth-order valence-corrected chi connectivity index (χ4v) is 1.61. The Morgan fingerprint density at radius 3 is 2.64 bits per heavy atom. The Labute approximate surface area is 91.6 Å². The van der Waals surface area contributed by atoms with Crippen LogP contribution in [-0.2, 0) is 7.05 Å². The van der Waals surface area contributed by atoms with Gasteiger partial charge in [-0.25, -0.2) is 0 Å². The summed E-state index contributed by atoms with van der Waals surface area (Å²) in [5, 5.41) is 3.99. The predicted molar refractivity (Wildman–Crippen MR) is 58.1 cm³/mol. The van der Waals surface area contributed by atoms with Crippen LogP contribution in [0, 0.1) is 5.41 Å². The molecule has 0 saturated heterocycles. The molecule has 0 radical (unpaired) electrons. The summed E-state index contributed by atoms with van der Waals surface area (Å²) in [6, 6.07) is 0. The second kappa shape index (κ2) is 3.82. The van der Waals surface area contributed by atoms with Gasteiger partial charge in [0.05, 0.1) is 10.7 Å². The first-order valence-corrected chi connectivity index (χ1v) is 5.12. The summed E-state index contributed by atoms with van der Waals surface area (Å²) in [7, 11) is 1.74. The molecule has 4 nitrogen and oxygen atoms in total. The first-order valence-electron chi connectivity index (χ1n) is 4.32. The molecule has 1 aromatic heterocycles. The van der Waals surface area contributed by atoms with E-state index in [4.69, 9.17) is 5.73 Å². The minimum Gasteiger partial charge on any atom is -0.329 e. The van der Waals surface area contributed by atoms with E-state index < -0.39 is 5.41 Å². The number of aryl methyl sites for hydroxylation is 1. The topological polar surface area (TPSA) is 60.9 Å². The lowest BCUT2D eigenvalue weighted by Gasteiger charge is -2.20. The number of nitrogens with two attached hydrogens (primary N) is 1. The molecule has 0 atom stereocenters. The molecule has 0 aliphatic carbocycles. The van der Waals surface area contributed by atoms with Crippen LogP contribution in [0.2, 0.25) is 0 Å². The van der Waals surface area contributed by atoms with E-state index in [0.29, 0.717) is 16.7 Å². The van der Waals surface area contributed by atoms with Crippen LogP contribution in [0.4, 0.5) is 0 Å². The Morgan fingerprint density at radius 1 is 1.71 bits per heavy atom. The third kappa shape index (κ3) is 1.88. The fourth-order valence-electron chi connectivity index (χ4n) is 1.08. The minimum atomic E-state index is -0.545. The van der Waals surface area contributed by atoms with E-state index in [1.54, 1.807) is 17.9 Å². The molecule has 0 aliphatic heterocycles. The van der Waals surface area contributed by atoms with Gasteiger partial charge in [0.25, 0.3) is 0 Å². The molecule has 14 heavy (non-hydrogen) atoms. The van der Waals surface area contributed by atoms with Crippen molar-refractivity contribution < 1.29 is 4.79 Å². The molecule has 0 spiro atoms. The molecule has 0 saturated carbocycles. The number of carbonyl (C=O) groups is 1. The van der Waals surface area contributed by atoms with Gasteiger partial charge >= 0.3 is 0 Å². The van der Waals surface area contributed by atoms with E-state index in [9.17, 15) is 4.79 Å². The van der Waals surface area contributed by atoms with E-state index in [-0.39, 0.29) is 5.78 Å². The molecule has 78 valence electrons. The standard InChI is InChI=1S/C9H14BrN3O/c1-9(2,5-11)8(14)7-6(10)4-12-13(7)3/h4H,5,11H2,1-3H3. The van der Waals surface area contributed by atoms with Gasteiger partial charge in [0.15, 0.2) is 5.78 Å². The van der Waals surface area contributed by atoms with Crippen molar-refractivity contribution >= 4 is 21.7 Å². The van der Waals surface area contributed by atoms with Gasteiger partial charge in [-0.05, 0) is 15.9 Å². The molecule has 0 amide bonds. The SMILES string of the molecule is Cn1ncc(Br)c1C(=O)C(C)(C)CN. The van der Waals surface area contributed by atoms with Gasteiger partial charge in [0.1, 0.15) is 5.69 Å². The average molecular weight is 260 g/mol. The Bertz CT molecular complexity index is 337. The van der Waals surface area contributed by atoms with Crippen molar-refractivity contribution in [2.24, 2.45) is 18.2 Å². The summed E-state index contributed by atoms with van der Waals surface area (Å²) >= 11 is 3.29. The first kappa shape index (κ1) is 11.4. The van der Waals surface area contributed by atoms with Crippen LogP contribution >= 0.6 is 15.9 Å². The van der Waals surface area contributed by atoms with Gasteiger partial charge in [-0.2, -0.15) is 5.10 Å². The van der Waals surface area contributed by atoms with Crippen molar-refractivity contribution in [2.75, 3.05) is 6.54 Å². The maximum atomic E-state index is 12.0. The number of ketones is 1. The van der Waals surface area contributed by atoms with E-state index in [1.807, 2.05) is 13.8 Å². The van der Waals surface area contributed by atoms with Gasteiger partial charge in [-0.3, -0.25) is 9.48 Å². The zero-order valence-electron chi connectivity index (χ0n) is 8.54. The predicted octanol–water partition coefficient (Wildman–Crippen LogP) is 1.35. The quantitative estimate of drug-likeness (QED) is 0.834. The maximum absolute atomic E-state index is 12.0. The third-order valence-electron chi connectivity index (χ3n) is 2.23. The molecule has 0 unspecified atom stereocenters. The summed E-state index contributed by atoms with van der Waals surface area (Å²) in [6.45, 7) is 3.98. The van der Waals surface area contributed by atoms with E-state index in [1.165, 1.54) is 0 Å². The molecule has 1 aromatic rings.